The predicted molar refractivity (Wildman–Crippen MR) is 143 cm³/mol. The van der Waals surface area contributed by atoms with Gasteiger partial charge in [0, 0.05) is 60.6 Å². The number of amides is 1. The van der Waals surface area contributed by atoms with Crippen LogP contribution in [0.3, 0.4) is 0 Å². The maximum atomic E-state index is 13.0. The normalized spacial score (nSPS) is 17.5. The van der Waals surface area contributed by atoms with Gasteiger partial charge in [-0.1, -0.05) is 11.6 Å². The minimum Gasteiger partial charge on any atom is -0.381 e. The number of nitrogens with one attached hydrogen (secondary N) is 1. The van der Waals surface area contributed by atoms with E-state index in [4.69, 9.17) is 16.3 Å². The van der Waals surface area contributed by atoms with E-state index in [0.29, 0.717) is 16.6 Å². The zero-order valence-electron chi connectivity index (χ0n) is 19.7. The van der Waals surface area contributed by atoms with Crippen molar-refractivity contribution in [1.29, 1.82) is 0 Å². The average molecular weight is 559 g/mol. The zero-order valence-corrected chi connectivity index (χ0v) is 22.1. The molecule has 3 aromatic rings. The lowest BCUT2D eigenvalue weighted by atomic mass is 10.1. The molecule has 2 saturated heterocycles. The maximum Gasteiger partial charge on any atom is 0.259 e. The number of hydrogen-bond acceptors (Lipinski definition) is 5. The van der Waals surface area contributed by atoms with Gasteiger partial charge in [0.05, 0.1) is 28.8 Å². The molecule has 3 heterocycles. The Morgan fingerprint density at radius 1 is 1.09 bits per heavy atom. The first-order valence-electron chi connectivity index (χ1n) is 12.0. The van der Waals surface area contributed by atoms with Crippen LogP contribution in [0.5, 0.6) is 0 Å². The van der Waals surface area contributed by atoms with Crippen LogP contribution in [0.2, 0.25) is 5.02 Å². The van der Waals surface area contributed by atoms with E-state index in [1.165, 1.54) is 0 Å². The van der Waals surface area contributed by atoms with Gasteiger partial charge in [-0.05, 0) is 78.2 Å². The molecule has 9 heteroatoms. The number of carbonyl (C=O) groups excluding carboxylic acids is 1. The van der Waals surface area contributed by atoms with E-state index >= 15 is 0 Å². The van der Waals surface area contributed by atoms with E-state index in [0.717, 1.165) is 79.5 Å². The number of rotatable bonds is 5. The lowest BCUT2D eigenvalue weighted by Gasteiger charge is -2.41. The average Bonchev–Trinajstić information content (AvgIpc) is 3.27. The van der Waals surface area contributed by atoms with Crippen molar-refractivity contribution in [2.45, 2.75) is 25.8 Å². The predicted octanol–water partition coefficient (Wildman–Crippen LogP) is 5.15. The second kappa shape index (κ2) is 10.7. The lowest BCUT2D eigenvalue weighted by Crippen LogP contribution is -2.51. The summed E-state index contributed by atoms with van der Waals surface area (Å²) >= 11 is 9.72. The molecule has 0 saturated carbocycles. The Labute approximate surface area is 219 Å². The Morgan fingerprint density at radius 2 is 1.80 bits per heavy atom. The molecule has 2 aromatic carbocycles. The van der Waals surface area contributed by atoms with Crippen molar-refractivity contribution in [3.63, 3.8) is 0 Å². The first-order chi connectivity index (χ1) is 17.0. The van der Waals surface area contributed by atoms with Gasteiger partial charge in [0.1, 0.15) is 0 Å². The Balaban J connectivity index is 1.22. The summed E-state index contributed by atoms with van der Waals surface area (Å²) in [5.74, 6) is -0.188. The standard InChI is InChI=1S/C26H29BrClN5O2/c1-18-23(17-29-33(18)22-5-2-19(28)3-6-22)26(34)30-20-4-7-25(24(27)16-20)32-12-10-31(11-13-32)21-8-14-35-15-9-21/h2-7,16-17,21H,8-15H2,1H3,(H,30,34). The van der Waals surface area contributed by atoms with Crippen molar-refractivity contribution >= 4 is 44.8 Å². The van der Waals surface area contributed by atoms with E-state index < -0.39 is 0 Å². The molecule has 35 heavy (non-hydrogen) atoms. The molecule has 2 fully saturated rings. The van der Waals surface area contributed by atoms with E-state index in [1.54, 1.807) is 10.9 Å². The van der Waals surface area contributed by atoms with Gasteiger partial charge in [-0.15, -0.1) is 0 Å². The summed E-state index contributed by atoms with van der Waals surface area (Å²) in [4.78, 5) is 18.0. The summed E-state index contributed by atoms with van der Waals surface area (Å²) in [6, 6.07) is 14.0. The smallest absolute Gasteiger partial charge is 0.259 e. The molecule has 1 N–H and O–H groups in total. The Morgan fingerprint density at radius 3 is 2.49 bits per heavy atom. The summed E-state index contributed by atoms with van der Waals surface area (Å²) in [5.41, 5.74) is 4.05. The van der Waals surface area contributed by atoms with E-state index in [9.17, 15) is 4.79 Å². The van der Waals surface area contributed by atoms with Crippen molar-refractivity contribution in [1.82, 2.24) is 14.7 Å². The summed E-state index contributed by atoms with van der Waals surface area (Å²) in [6.45, 7) is 7.75. The van der Waals surface area contributed by atoms with Crippen LogP contribution < -0.4 is 10.2 Å². The number of ether oxygens (including phenoxy) is 1. The second-order valence-electron chi connectivity index (χ2n) is 9.02. The van der Waals surface area contributed by atoms with E-state index in [-0.39, 0.29) is 5.91 Å². The van der Waals surface area contributed by atoms with Gasteiger partial charge >= 0.3 is 0 Å². The molecule has 7 nitrogen and oxygen atoms in total. The highest BCUT2D eigenvalue weighted by atomic mass is 79.9. The molecule has 2 aliphatic rings. The molecule has 184 valence electrons. The lowest BCUT2D eigenvalue weighted by molar-refractivity contribution is 0.0321. The Bertz CT molecular complexity index is 1180. The van der Waals surface area contributed by atoms with Crippen LogP contribution in [0.25, 0.3) is 5.69 Å². The molecule has 0 atom stereocenters. The molecule has 0 radical (unpaired) electrons. The minimum atomic E-state index is -0.188. The third-order valence-corrected chi connectivity index (χ3v) is 7.78. The first-order valence-corrected chi connectivity index (χ1v) is 13.1. The number of aromatic nitrogens is 2. The fourth-order valence-electron chi connectivity index (χ4n) is 4.89. The summed E-state index contributed by atoms with van der Waals surface area (Å²) in [5, 5.41) is 8.07. The third-order valence-electron chi connectivity index (χ3n) is 6.89. The molecule has 0 spiro atoms. The highest BCUT2D eigenvalue weighted by Crippen LogP contribution is 2.31. The zero-order chi connectivity index (χ0) is 24.4. The Hall–Kier alpha value is -2.39. The Kier molecular flexibility index (Phi) is 7.43. The molecular weight excluding hydrogens is 530 g/mol. The molecule has 1 aromatic heterocycles. The quantitative estimate of drug-likeness (QED) is 0.469. The van der Waals surface area contributed by atoms with Crippen molar-refractivity contribution in [3.8, 4) is 5.69 Å². The van der Waals surface area contributed by atoms with Crippen LogP contribution in [-0.2, 0) is 4.74 Å². The first kappa shape index (κ1) is 24.3. The molecule has 0 unspecified atom stereocenters. The van der Waals surface area contributed by atoms with Gasteiger partial charge in [0.25, 0.3) is 5.91 Å². The largest absolute Gasteiger partial charge is 0.381 e. The number of nitrogens with zero attached hydrogens (tertiary/aromatic N) is 4. The number of halogens is 2. The topological polar surface area (TPSA) is 62.6 Å². The van der Waals surface area contributed by atoms with Crippen molar-refractivity contribution in [2.24, 2.45) is 0 Å². The minimum absolute atomic E-state index is 0.188. The maximum absolute atomic E-state index is 13.0. The van der Waals surface area contributed by atoms with Gasteiger partial charge in [-0.3, -0.25) is 9.69 Å². The van der Waals surface area contributed by atoms with Gasteiger partial charge in [-0.2, -0.15) is 5.10 Å². The molecule has 1 amide bonds. The van der Waals surface area contributed by atoms with E-state index in [2.05, 4.69) is 42.2 Å². The monoisotopic (exact) mass is 557 g/mol. The molecule has 0 aliphatic carbocycles. The number of hydrogen-bond donors (Lipinski definition) is 1. The van der Waals surface area contributed by atoms with Crippen molar-refractivity contribution < 1.29 is 9.53 Å². The van der Waals surface area contributed by atoms with Crippen molar-refractivity contribution in [2.75, 3.05) is 49.6 Å². The second-order valence-corrected chi connectivity index (χ2v) is 10.3. The van der Waals surface area contributed by atoms with Crippen LogP contribution in [0.1, 0.15) is 28.9 Å². The van der Waals surface area contributed by atoms with Crippen LogP contribution in [0.15, 0.2) is 53.1 Å². The fraction of sp³-hybridized carbons (Fsp3) is 0.385. The van der Waals surface area contributed by atoms with Gasteiger partial charge in [-0.25, -0.2) is 4.68 Å². The van der Waals surface area contributed by atoms with Crippen LogP contribution in [0.4, 0.5) is 11.4 Å². The summed E-state index contributed by atoms with van der Waals surface area (Å²) in [7, 11) is 0. The SMILES string of the molecule is Cc1c(C(=O)Nc2ccc(N3CCN(C4CCOCC4)CC3)c(Br)c2)cnn1-c1ccc(Cl)cc1. The number of piperazine rings is 1. The molecular formula is C26H29BrClN5O2. The fourth-order valence-corrected chi connectivity index (χ4v) is 5.65. The van der Waals surface area contributed by atoms with Gasteiger partial charge < -0.3 is 15.0 Å². The molecule has 5 rings (SSSR count). The van der Waals surface area contributed by atoms with Crippen LogP contribution in [0, 0.1) is 6.92 Å². The van der Waals surface area contributed by atoms with Crippen molar-refractivity contribution in [3.05, 3.63) is 69.4 Å². The summed E-state index contributed by atoms with van der Waals surface area (Å²) in [6.07, 6.45) is 3.87. The highest BCUT2D eigenvalue weighted by Gasteiger charge is 2.26. The van der Waals surface area contributed by atoms with Crippen LogP contribution in [-0.4, -0.2) is 66.0 Å². The molecule has 2 aliphatic heterocycles. The highest BCUT2D eigenvalue weighted by molar-refractivity contribution is 9.10. The summed E-state index contributed by atoms with van der Waals surface area (Å²) < 4.78 is 8.23. The van der Waals surface area contributed by atoms with Crippen LogP contribution >= 0.6 is 27.5 Å². The number of carbonyl (C=O) groups is 1. The van der Waals surface area contributed by atoms with Gasteiger partial charge in [0.15, 0.2) is 0 Å². The number of benzene rings is 2. The van der Waals surface area contributed by atoms with E-state index in [1.807, 2.05) is 43.3 Å². The number of anilines is 2. The molecule has 0 bridgehead atoms. The van der Waals surface area contributed by atoms with Gasteiger partial charge in [0.2, 0.25) is 0 Å². The third kappa shape index (κ3) is 5.40.